The minimum Gasteiger partial charge on any atom is -0.493 e. The van der Waals surface area contributed by atoms with E-state index in [0.717, 1.165) is 17.1 Å². The summed E-state index contributed by atoms with van der Waals surface area (Å²) in [5, 5.41) is 1.30. The first-order valence-electron chi connectivity index (χ1n) is 5.90. The minimum atomic E-state index is 0.529. The van der Waals surface area contributed by atoms with Gasteiger partial charge in [0.15, 0.2) is 11.5 Å². The van der Waals surface area contributed by atoms with Crippen molar-refractivity contribution in [2.75, 3.05) is 13.7 Å². The standard InChI is InChI=1S/C15H14Cl2O2/c1-18-14-4-2-3-5-15(14)19-9-8-11-6-7-12(16)10-13(11)17/h2-7,10H,8-9H2,1H3. The predicted octanol–water partition coefficient (Wildman–Crippen LogP) is 4.62. The summed E-state index contributed by atoms with van der Waals surface area (Å²) in [5.74, 6) is 1.46. The van der Waals surface area contributed by atoms with Crippen molar-refractivity contribution in [3.8, 4) is 11.5 Å². The van der Waals surface area contributed by atoms with E-state index in [9.17, 15) is 0 Å². The highest BCUT2D eigenvalue weighted by Crippen LogP contribution is 2.26. The zero-order valence-electron chi connectivity index (χ0n) is 10.5. The van der Waals surface area contributed by atoms with Gasteiger partial charge in [-0.2, -0.15) is 0 Å². The van der Waals surface area contributed by atoms with Gasteiger partial charge in [0.25, 0.3) is 0 Å². The maximum Gasteiger partial charge on any atom is 0.161 e. The first kappa shape index (κ1) is 14.0. The van der Waals surface area contributed by atoms with Crippen LogP contribution in [0.4, 0.5) is 0 Å². The summed E-state index contributed by atoms with van der Waals surface area (Å²) in [4.78, 5) is 0. The summed E-state index contributed by atoms with van der Waals surface area (Å²) in [6.45, 7) is 0.529. The summed E-state index contributed by atoms with van der Waals surface area (Å²) in [5.41, 5.74) is 1.01. The molecule has 19 heavy (non-hydrogen) atoms. The SMILES string of the molecule is COc1ccccc1OCCc1ccc(Cl)cc1Cl. The second-order valence-electron chi connectivity index (χ2n) is 3.99. The second kappa shape index (κ2) is 6.69. The van der Waals surface area contributed by atoms with E-state index >= 15 is 0 Å². The van der Waals surface area contributed by atoms with E-state index in [4.69, 9.17) is 32.7 Å². The summed E-state index contributed by atoms with van der Waals surface area (Å²) < 4.78 is 10.9. The van der Waals surface area contributed by atoms with E-state index in [2.05, 4.69) is 0 Å². The summed E-state index contributed by atoms with van der Waals surface area (Å²) >= 11 is 12.0. The van der Waals surface area contributed by atoms with Crippen molar-refractivity contribution in [2.45, 2.75) is 6.42 Å². The van der Waals surface area contributed by atoms with E-state index in [1.54, 1.807) is 13.2 Å². The van der Waals surface area contributed by atoms with E-state index in [0.29, 0.717) is 23.1 Å². The molecule has 0 bridgehead atoms. The molecule has 0 saturated carbocycles. The number of hydrogen-bond acceptors (Lipinski definition) is 2. The molecule has 0 aliphatic heterocycles. The smallest absolute Gasteiger partial charge is 0.161 e. The molecule has 0 saturated heterocycles. The molecule has 0 aliphatic carbocycles. The van der Waals surface area contributed by atoms with Crippen molar-refractivity contribution >= 4 is 23.2 Å². The van der Waals surface area contributed by atoms with Gasteiger partial charge in [-0.3, -0.25) is 0 Å². The van der Waals surface area contributed by atoms with Gasteiger partial charge < -0.3 is 9.47 Å². The van der Waals surface area contributed by atoms with Crippen LogP contribution in [-0.4, -0.2) is 13.7 Å². The number of ether oxygens (including phenoxy) is 2. The second-order valence-corrected chi connectivity index (χ2v) is 4.83. The lowest BCUT2D eigenvalue weighted by atomic mass is 10.1. The van der Waals surface area contributed by atoms with E-state index in [1.165, 1.54) is 0 Å². The van der Waals surface area contributed by atoms with Gasteiger partial charge in [-0.25, -0.2) is 0 Å². The van der Waals surface area contributed by atoms with Crippen LogP contribution in [0.2, 0.25) is 10.0 Å². The quantitative estimate of drug-likeness (QED) is 0.801. The zero-order chi connectivity index (χ0) is 13.7. The van der Waals surface area contributed by atoms with Crippen molar-refractivity contribution < 1.29 is 9.47 Å². The van der Waals surface area contributed by atoms with E-state index in [-0.39, 0.29) is 0 Å². The van der Waals surface area contributed by atoms with Crippen molar-refractivity contribution in [1.82, 2.24) is 0 Å². The topological polar surface area (TPSA) is 18.5 Å². The van der Waals surface area contributed by atoms with E-state index < -0.39 is 0 Å². The maximum absolute atomic E-state index is 6.11. The molecule has 0 atom stereocenters. The van der Waals surface area contributed by atoms with Gasteiger partial charge in [0, 0.05) is 16.5 Å². The average molecular weight is 297 g/mol. The third kappa shape index (κ3) is 3.79. The molecule has 0 unspecified atom stereocenters. The lowest BCUT2D eigenvalue weighted by Gasteiger charge is -2.10. The van der Waals surface area contributed by atoms with E-state index in [1.807, 2.05) is 36.4 Å². The Morgan fingerprint density at radius 1 is 1.00 bits per heavy atom. The summed E-state index contributed by atoms with van der Waals surface area (Å²) in [7, 11) is 1.62. The minimum absolute atomic E-state index is 0.529. The fraction of sp³-hybridized carbons (Fsp3) is 0.200. The van der Waals surface area contributed by atoms with Gasteiger partial charge in [0.2, 0.25) is 0 Å². The van der Waals surface area contributed by atoms with Crippen LogP contribution in [-0.2, 0) is 6.42 Å². The molecule has 2 aromatic carbocycles. The highest BCUT2D eigenvalue weighted by atomic mass is 35.5. The first-order valence-corrected chi connectivity index (χ1v) is 6.66. The lowest BCUT2D eigenvalue weighted by Crippen LogP contribution is -2.03. The molecule has 4 heteroatoms. The Hall–Kier alpha value is -1.38. The van der Waals surface area contributed by atoms with Crippen LogP contribution in [0.15, 0.2) is 42.5 Å². The largest absolute Gasteiger partial charge is 0.493 e. The Morgan fingerprint density at radius 2 is 1.74 bits per heavy atom. The van der Waals surface area contributed by atoms with Crippen LogP contribution in [0.1, 0.15) is 5.56 Å². The fourth-order valence-electron chi connectivity index (χ4n) is 1.73. The summed E-state index contributed by atoms with van der Waals surface area (Å²) in [6, 6.07) is 13.0. The Morgan fingerprint density at radius 3 is 2.42 bits per heavy atom. The van der Waals surface area contributed by atoms with Gasteiger partial charge in [-0.15, -0.1) is 0 Å². The first-order chi connectivity index (χ1) is 9.20. The number of para-hydroxylation sites is 2. The van der Waals surface area contributed by atoms with Crippen molar-refractivity contribution in [3.63, 3.8) is 0 Å². The molecule has 2 nitrogen and oxygen atoms in total. The van der Waals surface area contributed by atoms with Crippen LogP contribution >= 0.6 is 23.2 Å². The Bertz CT molecular complexity index is 556. The van der Waals surface area contributed by atoms with Crippen LogP contribution in [0, 0.1) is 0 Å². The number of benzene rings is 2. The van der Waals surface area contributed by atoms with Crippen molar-refractivity contribution in [3.05, 3.63) is 58.1 Å². The third-order valence-corrected chi connectivity index (χ3v) is 3.30. The van der Waals surface area contributed by atoms with Crippen LogP contribution in [0.25, 0.3) is 0 Å². The van der Waals surface area contributed by atoms with Gasteiger partial charge >= 0.3 is 0 Å². The molecule has 0 spiro atoms. The molecule has 2 aromatic rings. The fourth-order valence-corrected chi connectivity index (χ4v) is 2.24. The monoisotopic (exact) mass is 296 g/mol. The normalized spacial score (nSPS) is 10.3. The number of methoxy groups -OCH3 is 1. The maximum atomic E-state index is 6.11. The van der Waals surface area contributed by atoms with Gasteiger partial charge in [-0.1, -0.05) is 41.4 Å². The summed E-state index contributed by atoms with van der Waals surface area (Å²) in [6.07, 6.45) is 0.716. The third-order valence-electron chi connectivity index (χ3n) is 2.71. The Labute approximate surface area is 122 Å². The van der Waals surface area contributed by atoms with Gasteiger partial charge in [0.1, 0.15) is 0 Å². The Balaban J connectivity index is 1.96. The predicted molar refractivity (Wildman–Crippen MR) is 78.7 cm³/mol. The van der Waals surface area contributed by atoms with Crippen LogP contribution in [0.3, 0.4) is 0 Å². The molecule has 0 radical (unpaired) electrons. The van der Waals surface area contributed by atoms with Gasteiger partial charge in [-0.05, 0) is 29.8 Å². The molecule has 0 N–H and O–H groups in total. The highest BCUT2D eigenvalue weighted by molar-refractivity contribution is 6.35. The molecular weight excluding hydrogens is 283 g/mol. The van der Waals surface area contributed by atoms with Crippen molar-refractivity contribution in [1.29, 1.82) is 0 Å². The molecule has 0 heterocycles. The van der Waals surface area contributed by atoms with Crippen LogP contribution < -0.4 is 9.47 Å². The lowest BCUT2D eigenvalue weighted by molar-refractivity contribution is 0.297. The molecular formula is C15H14Cl2O2. The number of hydrogen-bond donors (Lipinski definition) is 0. The molecule has 0 amide bonds. The molecule has 0 aromatic heterocycles. The average Bonchev–Trinajstić information content (AvgIpc) is 2.42. The Kier molecular flexibility index (Phi) is 4.94. The zero-order valence-corrected chi connectivity index (χ0v) is 12.0. The van der Waals surface area contributed by atoms with Gasteiger partial charge in [0.05, 0.1) is 13.7 Å². The highest BCUT2D eigenvalue weighted by Gasteiger charge is 2.04. The van der Waals surface area contributed by atoms with Crippen LogP contribution in [0.5, 0.6) is 11.5 Å². The molecule has 0 fully saturated rings. The molecule has 0 aliphatic rings. The molecule has 100 valence electrons. The van der Waals surface area contributed by atoms with Crippen molar-refractivity contribution in [2.24, 2.45) is 0 Å². The number of halogens is 2. The molecule has 2 rings (SSSR count). The number of rotatable bonds is 5.